The van der Waals surface area contributed by atoms with Crippen LogP contribution in [0.5, 0.6) is 5.75 Å². The summed E-state index contributed by atoms with van der Waals surface area (Å²) >= 11 is 0. The Balaban J connectivity index is 1.32. The van der Waals surface area contributed by atoms with E-state index in [1.54, 1.807) is 0 Å². The van der Waals surface area contributed by atoms with Crippen molar-refractivity contribution in [2.45, 2.75) is 13.0 Å². The highest BCUT2D eigenvalue weighted by Gasteiger charge is 2.10. The van der Waals surface area contributed by atoms with Gasteiger partial charge in [0.2, 0.25) is 0 Å². The second kappa shape index (κ2) is 7.40. The molecule has 134 valence electrons. The molecule has 1 aromatic carbocycles. The number of rotatable bonds is 4. The molecule has 0 saturated heterocycles. The second-order valence-electron chi connectivity index (χ2n) is 6.02. The molecule has 8 nitrogen and oxygen atoms in total. The Morgan fingerprint density at radius 1 is 1.27 bits per heavy atom. The number of amides is 2. The van der Waals surface area contributed by atoms with Gasteiger partial charge in [0.1, 0.15) is 18.2 Å². The lowest BCUT2D eigenvalue weighted by molar-refractivity contribution is 0.252. The number of benzene rings is 1. The van der Waals surface area contributed by atoms with Gasteiger partial charge >= 0.3 is 6.03 Å². The Labute approximate surface area is 150 Å². The van der Waals surface area contributed by atoms with Crippen LogP contribution in [-0.4, -0.2) is 40.3 Å². The zero-order chi connectivity index (χ0) is 17.8. The zero-order valence-corrected chi connectivity index (χ0v) is 14.2. The summed E-state index contributed by atoms with van der Waals surface area (Å²) in [4.78, 5) is 12.1. The van der Waals surface area contributed by atoms with E-state index in [4.69, 9.17) is 4.74 Å². The standard InChI is InChI=1S/C18H20N6O2/c25-18(20-7-6-17-23-22-16-3-1-2-9-24(16)17)21-14-4-5-15-13(11-14)12-19-8-10-26-15/h1-5,9,11,19H,6-8,10,12H2,(H2,20,21,25). The average Bonchev–Trinajstić information content (AvgIpc) is 2.91. The molecule has 8 heteroatoms. The maximum atomic E-state index is 12.1. The minimum Gasteiger partial charge on any atom is -0.492 e. The van der Waals surface area contributed by atoms with Gasteiger partial charge in [-0.25, -0.2) is 4.79 Å². The van der Waals surface area contributed by atoms with Gasteiger partial charge in [0, 0.05) is 43.5 Å². The lowest BCUT2D eigenvalue weighted by Gasteiger charge is -2.11. The van der Waals surface area contributed by atoms with E-state index >= 15 is 0 Å². The highest BCUT2D eigenvalue weighted by molar-refractivity contribution is 5.89. The minimum atomic E-state index is -0.249. The van der Waals surface area contributed by atoms with Crippen molar-refractivity contribution in [2.75, 3.05) is 25.0 Å². The molecule has 4 rings (SSSR count). The lowest BCUT2D eigenvalue weighted by Crippen LogP contribution is -2.30. The number of carbonyl (C=O) groups is 1. The number of carbonyl (C=O) groups excluding carboxylic acids is 1. The third-order valence-electron chi connectivity index (χ3n) is 4.19. The summed E-state index contributed by atoms with van der Waals surface area (Å²) < 4.78 is 7.56. The number of urea groups is 1. The van der Waals surface area contributed by atoms with E-state index in [9.17, 15) is 4.79 Å². The second-order valence-corrected chi connectivity index (χ2v) is 6.02. The summed E-state index contributed by atoms with van der Waals surface area (Å²) in [5.41, 5.74) is 2.57. The van der Waals surface area contributed by atoms with Crippen molar-refractivity contribution in [3.8, 4) is 5.75 Å². The molecule has 0 unspecified atom stereocenters. The van der Waals surface area contributed by atoms with Gasteiger partial charge in [0.15, 0.2) is 5.65 Å². The normalized spacial score (nSPS) is 13.5. The molecule has 3 heterocycles. The van der Waals surface area contributed by atoms with Crippen LogP contribution < -0.4 is 20.7 Å². The number of ether oxygens (including phenoxy) is 1. The molecule has 0 bridgehead atoms. The van der Waals surface area contributed by atoms with Crippen LogP contribution in [0.2, 0.25) is 0 Å². The number of nitrogens with zero attached hydrogens (tertiary/aromatic N) is 3. The molecule has 0 saturated carbocycles. The summed E-state index contributed by atoms with van der Waals surface area (Å²) in [5, 5.41) is 17.2. The van der Waals surface area contributed by atoms with Crippen molar-refractivity contribution in [1.82, 2.24) is 25.2 Å². The Morgan fingerprint density at radius 3 is 3.19 bits per heavy atom. The molecule has 2 aromatic heterocycles. The first-order chi connectivity index (χ1) is 12.8. The molecular weight excluding hydrogens is 332 g/mol. The quantitative estimate of drug-likeness (QED) is 0.663. The number of pyridine rings is 1. The van der Waals surface area contributed by atoms with Crippen molar-refractivity contribution >= 4 is 17.4 Å². The van der Waals surface area contributed by atoms with Crippen LogP contribution in [0.15, 0.2) is 42.6 Å². The molecule has 0 aliphatic carbocycles. The van der Waals surface area contributed by atoms with E-state index in [0.717, 1.165) is 41.6 Å². The fourth-order valence-corrected chi connectivity index (χ4v) is 2.92. The maximum absolute atomic E-state index is 12.1. The maximum Gasteiger partial charge on any atom is 0.319 e. The smallest absolute Gasteiger partial charge is 0.319 e. The first-order valence-electron chi connectivity index (χ1n) is 8.59. The van der Waals surface area contributed by atoms with Crippen molar-refractivity contribution in [3.05, 3.63) is 54.0 Å². The monoisotopic (exact) mass is 352 g/mol. The predicted molar refractivity (Wildman–Crippen MR) is 97.4 cm³/mol. The number of fused-ring (bicyclic) bond motifs is 2. The summed E-state index contributed by atoms with van der Waals surface area (Å²) in [6, 6.07) is 11.2. The average molecular weight is 352 g/mol. The summed E-state index contributed by atoms with van der Waals surface area (Å²) in [6.07, 6.45) is 2.51. The lowest BCUT2D eigenvalue weighted by atomic mass is 10.1. The van der Waals surface area contributed by atoms with E-state index in [1.807, 2.05) is 47.0 Å². The third kappa shape index (κ3) is 3.60. The summed E-state index contributed by atoms with van der Waals surface area (Å²) in [6.45, 7) is 2.66. The van der Waals surface area contributed by atoms with Crippen molar-refractivity contribution in [3.63, 3.8) is 0 Å². The van der Waals surface area contributed by atoms with Crippen LogP contribution in [-0.2, 0) is 13.0 Å². The first-order valence-corrected chi connectivity index (χ1v) is 8.59. The van der Waals surface area contributed by atoms with E-state index in [0.29, 0.717) is 19.6 Å². The Hall–Kier alpha value is -3.13. The van der Waals surface area contributed by atoms with E-state index in [1.165, 1.54) is 0 Å². The van der Waals surface area contributed by atoms with Crippen LogP contribution >= 0.6 is 0 Å². The van der Waals surface area contributed by atoms with Gasteiger partial charge in [0.25, 0.3) is 0 Å². The fraction of sp³-hybridized carbons (Fsp3) is 0.278. The molecule has 1 aliphatic heterocycles. The molecule has 2 amide bonds. The van der Waals surface area contributed by atoms with Crippen LogP contribution in [0.25, 0.3) is 5.65 Å². The van der Waals surface area contributed by atoms with E-state index < -0.39 is 0 Å². The number of nitrogens with one attached hydrogen (secondary N) is 3. The molecule has 26 heavy (non-hydrogen) atoms. The molecule has 0 radical (unpaired) electrons. The number of aromatic nitrogens is 3. The van der Waals surface area contributed by atoms with Crippen molar-refractivity contribution in [1.29, 1.82) is 0 Å². The molecule has 3 N–H and O–H groups in total. The number of anilines is 1. The predicted octanol–water partition coefficient (Wildman–Crippen LogP) is 1.58. The Morgan fingerprint density at radius 2 is 2.23 bits per heavy atom. The van der Waals surface area contributed by atoms with Crippen LogP contribution in [0.3, 0.4) is 0 Å². The largest absolute Gasteiger partial charge is 0.492 e. The van der Waals surface area contributed by atoms with Gasteiger partial charge in [-0.05, 0) is 30.3 Å². The zero-order valence-electron chi connectivity index (χ0n) is 14.2. The van der Waals surface area contributed by atoms with Crippen molar-refractivity contribution < 1.29 is 9.53 Å². The topological polar surface area (TPSA) is 92.6 Å². The van der Waals surface area contributed by atoms with E-state index in [2.05, 4.69) is 26.1 Å². The van der Waals surface area contributed by atoms with Crippen LogP contribution in [0.4, 0.5) is 10.5 Å². The molecule has 3 aromatic rings. The molecule has 0 spiro atoms. The van der Waals surface area contributed by atoms with Gasteiger partial charge in [-0.3, -0.25) is 4.40 Å². The van der Waals surface area contributed by atoms with Crippen molar-refractivity contribution in [2.24, 2.45) is 0 Å². The third-order valence-corrected chi connectivity index (χ3v) is 4.19. The van der Waals surface area contributed by atoms with Crippen LogP contribution in [0.1, 0.15) is 11.4 Å². The number of hydrogen-bond donors (Lipinski definition) is 3. The first kappa shape index (κ1) is 16.3. The fourth-order valence-electron chi connectivity index (χ4n) is 2.92. The Bertz CT molecular complexity index is 923. The Kier molecular flexibility index (Phi) is 4.65. The summed E-state index contributed by atoms with van der Waals surface area (Å²) in [7, 11) is 0. The molecule has 0 atom stereocenters. The SMILES string of the molecule is O=C(NCCc1nnc2ccccn12)Nc1ccc2c(c1)CNCCO2. The van der Waals surface area contributed by atoms with Crippen LogP contribution in [0, 0.1) is 0 Å². The minimum absolute atomic E-state index is 0.249. The summed E-state index contributed by atoms with van der Waals surface area (Å²) in [5.74, 6) is 1.67. The molecule has 1 aliphatic rings. The van der Waals surface area contributed by atoms with E-state index in [-0.39, 0.29) is 6.03 Å². The highest BCUT2D eigenvalue weighted by atomic mass is 16.5. The van der Waals surface area contributed by atoms with Gasteiger partial charge in [-0.15, -0.1) is 10.2 Å². The van der Waals surface area contributed by atoms with Gasteiger partial charge in [-0.1, -0.05) is 6.07 Å². The number of hydrogen-bond acceptors (Lipinski definition) is 5. The molecular formula is C18H20N6O2. The van der Waals surface area contributed by atoms with Gasteiger partial charge in [0.05, 0.1) is 0 Å². The highest BCUT2D eigenvalue weighted by Crippen LogP contribution is 2.24. The van der Waals surface area contributed by atoms with Gasteiger partial charge in [-0.2, -0.15) is 0 Å². The van der Waals surface area contributed by atoms with Gasteiger partial charge < -0.3 is 20.7 Å². The molecule has 0 fully saturated rings.